The fourth-order valence-electron chi connectivity index (χ4n) is 1.33. The summed E-state index contributed by atoms with van der Waals surface area (Å²) in [4.78, 5) is 22.1. The molecule has 1 aromatic carbocycles. The lowest BCUT2D eigenvalue weighted by molar-refractivity contribution is -0.197. The number of carbonyl (C=O) groups is 2. The first-order valence-corrected chi connectivity index (χ1v) is 5.54. The maximum absolute atomic E-state index is 11.3. The number of hydrogen-bond donors (Lipinski definition) is 0. The molecule has 0 saturated heterocycles. The third kappa shape index (κ3) is 4.97. The second-order valence-corrected chi connectivity index (χ2v) is 3.57. The zero-order valence-corrected chi connectivity index (χ0v) is 10.4. The van der Waals surface area contributed by atoms with Crippen LogP contribution in [0.4, 0.5) is 0 Å². The lowest BCUT2D eigenvalue weighted by Crippen LogP contribution is -2.31. The van der Waals surface area contributed by atoms with E-state index in [4.69, 9.17) is 9.47 Å². The molecule has 0 aliphatic heterocycles. The van der Waals surface area contributed by atoms with Gasteiger partial charge in [-0.05, 0) is 12.0 Å². The molecule has 0 fully saturated rings. The predicted molar refractivity (Wildman–Crippen MR) is 63.7 cm³/mol. The predicted octanol–water partition coefficient (Wildman–Crippen LogP) is 1.31. The van der Waals surface area contributed by atoms with Gasteiger partial charge in [0.2, 0.25) is 0 Å². The Morgan fingerprint density at radius 2 is 1.89 bits per heavy atom. The molecule has 0 aliphatic rings. The van der Waals surface area contributed by atoms with Crippen molar-refractivity contribution in [2.75, 3.05) is 13.7 Å². The Morgan fingerprint density at radius 1 is 1.22 bits per heavy atom. The zero-order valence-electron chi connectivity index (χ0n) is 10.4. The molecule has 5 heteroatoms. The zero-order chi connectivity index (χ0) is 13.4. The summed E-state index contributed by atoms with van der Waals surface area (Å²) < 4.78 is 14.4. The van der Waals surface area contributed by atoms with Crippen molar-refractivity contribution >= 4 is 11.9 Å². The summed E-state index contributed by atoms with van der Waals surface area (Å²) in [7, 11) is 1.21. The van der Waals surface area contributed by atoms with Crippen molar-refractivity contribution in [2.24, 2.45) is 0 Å². The van der Waals surface area contributed by atoms with Gasteiger partial charge in [0.25, 0.3) is 0 Å². The summed E-state index contributed by atoms with van der Waals surface area (Å²) in [5, 5.41) is 0. The molecule has 1 unspecified atom stereocenters. The molecule has 0 N–H and O–H groups in total. The summed E-state index contributed by atoms with van der Waals surface area (Å²) in [6.45, 7) is 1.47. The highest BCUT2D eigenvalue weighted by molar-refractivity contribution is 5.77. The van der Waals surface area contributed by atoms with Crippen molar-refractivity contribution in [1.29, 1.82) is 0 Å². The molecule has 1 rings (SSSR count). The summed E-state index contributed by atoms with van der Waals surface area (Å²) in [5.41, 5.74) is 1.07. The highest BCUT2D eigenvalue weighted by atomic mass is 16.7. The number of rotatable bonds is 6. The van der Waals surface area contributed by atoms with Gasteiger partial charge in [0, 0.05) is 6.92 Å². The third-order valence-electron chi connectivity index (χ3n) is 2.17. The molecule has 0 bridgehead atoms. The van der Waals surface area contributed by atoms with Crippen molar-refractivity contribution in [2.45, 2.75) is 19.6 Å². The molecule has 0 amide bonds. The molecule has 98 valence electrons. The van der Waals surface area contributed by atoms with Crippen molar-refractivity contribution in [1.82, 2.24) is 0 Å². The van der Waals surface area contributed by atoms with Crippen LogP contribution in [0.25, 0.3) is 0 Å². The van der Waals surface area contributed by atoms with E-state index in [0.717, 1.165) is 5.56 Å². The SMILES string of the molecule is COC(=O)C(OCCc1ccccc1)OC(C)=O. The fourth-order valence-corrected chi connectivity index (χ4v) is 1.33. The van der Waals surface area contributed by atoms with Gasteiger partial charge in [-0.3, -0.25) is 4.79 Å². The van der Waals surface area contributed by atoms with Crippen LogP contribution in [0, 0.1) is 0 Å². The van der Waals surface area contributed by atoms with Crippen LogP contribution in [0.3, 0.4) is 0 Å². The van der Waals surface area contributed by atoms with E-state index >= 15 is 0 Å². The second kappa shape index (κ2) is 7.45. The van der Waals surface area contributed by atoms with Gasteiger partial charge in [0.05, 0.1) is 13.7 Å². The first-order chi connectivity index (χ1) is 8.63. The number of benzene rings is 1. The number of methoxy groups -OCH3 is 1. The molecular formula is C13H16O5. The Bertz CT molecular complexity index is 388. The lowest BCUT2D eigenvalue weighted by Gasteiger charge is -2.15. The summed E-state index contributed by atoms with van der Waals surface area (Å²) in [6, 6.07) is 9.64. The van der Waals surface area contributed by atoms with Gasteiger partial charge in [0.1, 0.15) is 0 Å². The van der Waals surface area contributed by atoms with Crippen molar-refractivity contribution in [3.05, 3.63) is 35.9 Å². The molecule has 0 saturated carbocycles. The van der Waals surface area contributed by atoms with Gasteiger partial charge >= 0.3 is 18.2 Å². The van der Waals surface area contributed by atoms with E-state index in [1.165, 1.54) is 14.0 Å². The van der Waals surface area contributed by atoms with Gasteiger partial charge in [-0.15, -0.1) is 0 Å². The van der Waals surface area contributed by atoms with Crippen LogP contribution in [-0.2, 0) is 30.2 Å². The van der Waals surface area contributed by atoms with Crippen molar-refractivity contribution < 1.29 is 23.8 Å². The largest absolute Gasteiger partial charge is 0.464 e. The van der Waals surface area contributed by atoms with Gasteiger partial charge in [-0.1, -0.05) is 30.3 Å². The summed E-state index contributed by atoms with van der Waals surface area (Å²) in [5.74, 6) is -1.32. The molecule has 1 atom stereocenters. The Kier molecular flexibility index (Phi) is 5.87. The topological polar surface area (TPSA) is 61.8 Å². The minimum Gasteiger partial charge on any atom is -0.464 e. The maximum atomic E-state index is 11.3. The Hall–Kier alpha value is -1.88. The van der Waals surface area contributed by atoms with Crippen LogP contribution in [0.2, 0.25) is 0 Å². The van der Waals surface area contributed by atoms with Crippen molar-refractivity contribution in [3.8, 4) is 0 Å². The lowest BCUT2D eigenvalue weighted by atomic mass is 10.2. The summed E-state index contributed by atoms with van der Waals surface area (Å²) in [6.07, 6.45) is -0.675. The van der Waals surface area contributed by atoms with Gasteiger partial charge < -0.3 is 14.2 Å². The Morgan fingerprint density at radius 3 is 2.44 bits per heavy atom. The van der Waals surface area contributed by atoms with Crippen molar-refractivity contribution in [3.63, 3.8) is 0 Å². The fraction of sp³-hybridized carbons (Fsp3) is 0.385. The molecule has 18 heavy (non-hydrogen) atoms. The first kappa shape index (κ1) is 14.2. The minimum atomic E-state index is -1.30. The van der Waals surface area contributed by atoms with E-state index < -0.39 is 18.2 Å². The van der Waals surface area contributed by atoms with E-state index in [-0.39, 0.29) is 6.61 Å². The Balaban J connectivity index is 2.42. The molecule has 5 nitrogen and oxygen atoms in total. The molecular weight excluding hydrogens is 236 g/mol. The van der Waals surface area contributed by atoms with Crippen LogP contribution >= 0.6 is 0 Å². The first-order valence-electron chi connectivity index (χ1n) is 5.54. The standard InChI is InChI=1S/C13H16O5/c1-10(14)18-13(12(15)16-2)17-9-8-11-6-4-3-5-7-11/h3-7,13H,8-9H2,1-2H3. The number of esters is 2. The molecule has 0 radical (unpaired) electrons. The average molecular weight is 252 g/mol. The van der Waals surface area contributed by atoms with Crippen LogP contribution in [-0.4, -0.2) is 31.9 Å². The highest BCUT2D eigenvalue weighted by Crippen LogP contribution is 2.03. The maximum Gasteiger partial charge on any atom is 0.376 e. The third-order valence-corrected chi connectivity index (χ3v) is 2.17. The van der Waals surface area contributed by atoms with Gasteiger partial charge in [-0.2, -0.15) is 0 Å². The smallest absolute Gasteiger partial charge is 0.376 e. The van der Waals surface area contributed by atoms with E-state index in [1.54, 1.807) is 0 Å². The van der Waals surface area contributed by atoms with E-state index in [9.17, 15) is 9.59 Å². The Labute approximate surface area is 106 Å². The molecule has 0 heterocycles. The number of carbonyl (C=O) groups excluding carboxylic acids is 2. The van der Waals surface area contributed by atoms with Crippen LogP contribution in [0.5, 0.6) is 0 Å². The van der Waals surface area contributed by atoms with Crippen LogP contribution in [0.15, 0.2) is 30.3 Å². The number of ether oxygens (including phenoxy) is 3. The van der Waals surface area contributed by atoms with E-state index in [1.807, 2.05) is 30.3 Å². The van der Waals surface area contributed by atoms with Gasteiger partial charge in [0.15, 0.2) is 0 Å². The molecule has 0 spiro atoms. The van der Waals surface area contributed by atoms with E-state index in [2.05, 4.69) is 4.74 Å². The molecule has 0 aromatic heterocycles. The molecule has 0 aliphatic carbocycles. The molecule has 1 aromatic rings. The van der Waals surface area contributed by atoms with Gasteiger partial charge in [-0.25, -0.2) is 4.79 Å². The second-order valence-electron chi connectivity index (χ2n) is 3.57. The summed E-state index contributed by atoms with van der Waals surface area (Å²) >= 11 is 0. The normalized spacial score (nSPS) is 11.7. The number of hydrogen-bond acceptors (Lipinski definition) is 5. The van der Waals surface area contributed by atoms with Crippen LogP contribution in [0.1, 0.15) is 12.5 Å². The highest BCUT2D eigenvalue weighted by Gasteiger charge is 2.22. The average Bonchev–Trinajstić information content (AvgIpc) is 2.37. The monoisotopic (exact) mass is 252 g/mol. The quantitative estimate of drug-likeness (QED) is 0.564. The minimum absolute atomic E-state index is 0.261. The van der Waals surface area contributed by atoms with E-state index in [0.29, 0.717) is 6.42 Å². The van der Waals surface area contributed by atoms with Crippen LogP contribution < -0.4 is 0 Å².